The maximum absolute atomic E-state index is 12.5. The van der Waals surface area contributed by atoms with Crippen LogP contribution in [0.4, 0.5) is 5.69 Å². The second-order valence-electron chi connectivity index (χ2n) is 7.56. The van der Waals surface area contributed by atoms with Crippen molar-refractivity contribution in [2.45, 2.75) is 39.5 Å². The number of nitrogens with zero attached hydrogens (tertiary/aromatic N) is 2. The van der Waals surface area contributed by atoms with Crippen molar-refractivity contribution >= 4 is 27.9 Å². The van der Waals surface area contributed by atoms with Crippen molar-refractivity contribution < 1.29 is 4.79 Å². The first-order valence-electron chi connectivity index (χ1n) is 9.98. The van der Waals surface area contributed by atoms with Crippen LogP contribution < -0.4 is 5.32 Å². The van der Waals surface area contributed by atoms with Crippen molar-refractivity contribution in [2.75, 3.05) is 5.32 Å². The minimum absolute atomic E-state index is 0.0236. The summed E-state index contributed by atoms with van der Waals surface area (Å²) in [5.74, 6) is 0.456. The quantitative estimate of drug-likeness (QED) is 0.434. The molecule has 0 saturated carbocycles. The van der Waals surface area contributed by atoms with E-state index in [-0.39, 0.29) is 5.91 Å². The van der Waals surface area contributed by atoms with E-state index in [1.807, 2.05) is 28.1 Å². The number of carbonyl (C=O) groups excluding carboxylic acids is 1. The number of imidazole rings is 1. The number of amides is 1. The van der Waals surface area contributed by atoms with E-state index in [2.05, 4.69) is 62.5 Å². The Bertz CT molecular complexity index is 1120. The fourth-order valence-corrected chi connectivity index (χ4v) is 4.20. The van der Waals surface area contributed by atoms with Gasteiger partial charge in [-0.3, -0.25) is 9.20 Å². The third-order valence-electron chi connectivity index (χ3n) is 5.14. The van der Waals surface area contributed by atoms with E-state index < -0.39 is 0 Å². The largest absolute Gasteiger partial charge is 0.326 e. The van der Waals surface area contributed by atoms with Crippen LogP contribution in [0.5, 0.6) is 0 Å². The Morgan fingerprint density at radius 3 is 2.48 bits per heavy atom. The number of rotatable bonds is 6. The van der Waals surface area contributed by atoms with Crippen molar-refractivity contribution in [1.29, 1.82) is 0 Å². The van der Waals surface area contributed by atoms with E-state index >= 15 is 0 Å². The first-order chi connectivity index (χ1) is 14.0. The number of anilines is 1. The summed E-state index contributed by atoms with van der Waals surface area (Å²) >= 11 is 1.56. The number of thiazole rings is 1. The average Bonchev–Trinajstić information content (AvgIpc) is 3.30. The molecule has 4 nitrogen and oxygen atoms in total. The molecule has 2 heterocycles. The van der Waals surface area contributed by atoms with Crippen molar-refractivity contribution in [1.82, 2.24) is 9.38 Å². The van der Waals surface area contributed by atoms with Gasteiger partial charge in [-0.1, -0.05) is 57.2 Å². The molecule has 4 rings (SSSR count). The van der Waals surface area contributed by atoms with E-state index in [4.69, 9.17) is 4.98 Å². The molecule has 0 atom stereocenters. The molecule has 0 fully saturated rings. The van der Waals surface area contributed by atoms with Gasteiger partial charge in [0, 0.05) is 28.5 Å². The van der Waals surface area contributed by atoms with Crippen LogP contribution in [-0.4, -0.2) is 15.3 Å². The Morgan fingerprint density at radius 1 is 1.10 bits per heavy atom. The zero-order chi connectivity index (χ0) is 20.4. The maximum Gasteiger partial charge on any atom is 0.230 e. The number of hydrogen-bond donors (Lipinski definition) is 1. The highest BCUT2D eigenvalue weighted by atomic mass is 32.1. The summed E-state index contributed by atoms with van der Waals surface area (Å²) in [4.78, 5) is 18.2. The van der Waals surface area contributed by atoms with Gasteiger partial charge in [0.15, 0.2) is 4.96 Å². The molecule has 0 aliphatic rings. The lowest BCUT2D eigenvalue weighted by Gasteiger charge is -2.08. The highest BCUT2D eigenvalue weighted by Crippen LogP contribution is 2.25. The van der Waals surface area contributed by atoms with Crippen LogP contribution in [0.25, 0.3) is 16.2 Å². The second-order valence-corrected chi connectivity index (χ2v) is 8.39. The minimum atomic E-state index is -0.0236. The summed E-state index contributed by atoms with van der Waals surface area (Å²) in [5.41, 5.74) is 6.39. The number of carbonyl (C=O) groups is 1. The third kappa shape index (κ3) is 4.25. The number of nitrogens with one attached hydrogen (secondary N) is 1. The fourth-order valence-electron chi connectivity index (χ4n) is 3.33. The SMILES string of the molecule is CCc1ccc(-c2cn3c(CC(=O)Nc4ccc(C(C)C)cc4)csc3n2)cc1. The zero-order valence-electron chi connectivity index (χ0n) is 17.0. The van der Waals surface area contributed by atoms with Gasteiger partial charge in [-0.05, 0) is 35.6 Å². The summed E-state index contributed by atoms with van der Waals surface area (Å²) in [6.45, 7) is 6.47. The Kier molecular flexibility index (Phi) is 5.49. The lowest BCUT2D eigenvalue weighted by molar-refractivity contribution is -0.115. The van der Waals surface area contributed by atoms with Gasteiger partial charge in [0.25, 0.3) is 0 Å². The Balaban J connectivity index is 1.49. The molecule has 0 aliphatic carbocycles. The van der Waals surface area contributed by atoms with Gasteiger partial charge in [-0.25, -0.2) is 4.98 Å². The molecular weight excluding hydrogens is 378 g/mol. The molecule has 0 aliphatic heterocycles. The van der Waals surface area contributed by atoms with Crippen molar-refractivity contribution in [3.8, 4) is 11.3 Å². The van der Waals surface area contributed by atoms with E-state index in [0.29, 0.717) is 12.3 Å². The molecule has 0 radical (unpaired) electrons. The molecule has 1 N–H and O–H groups in total. The normalized spacial score (nSPS) is 11.3. The summed E-state index contributed by atoms with van der Waals surface area (Å²) in [5, 5.41) is 5.00. The number of benzene rings is 2. The van der Waals surface area contributed by atoms with Crippen LogP contribution in [0.15, 0.2) is 60.1 Å². The van der Waals surface area contributed by atoms with Crippen LogP contribution in [-0.2, 0) is 17.6 Å². The molecule has 29 heavy (non-hydrogen) atoms. The molecule has 0 saturated heterocycles. The summed E-state index contributed by atoms with van der Waals surface area (Å²) in [6, 6.07) is 16.6. The number of aromatic nitrogens is 2. The standard InChI is InChI=1S/C24H25N3OS/c1-4-17-5-7-19(8-6-17)22-14-27-21(15-29-24(27)26-22)13-23(28)25-20-11-9-18(10-12-20)16(2)3/h5-12,14-16H,4,13H2,1-3H3,(H,25,28). The van der Waals surface area contributed by atoms with Crippen LogP contribution >= 0.6 is 11.3 Å². The first kappa shape index (κ1) is 19.4. The van der Waals surface area contributed by atoms with Crippen LogP contribution in [0.1, 0.15) is 43.5 Å². The fraction of sp³-hybridized carbons (Fsp3) is 0.250. The van der Waals surface area contributed by atoms with Gasteiger partial charge < -0.3 is 5.32 Å². The molecule has 0 bridgehead atoms. The molecular formula is C24H25N3OS. The monoisotopic (exact) mass is 403 g/mol. The second kappa shape index (κ2) is 8.21. The third-order valence-corrected chi connectivity index (χ3v) is 6.03. The van der Waals surface area contributed by atoms with Gasteiger partial charge in [-0.2, -0.15) is 0 Å². The smallest absolute Gasteiger partial charge is 0.230 e. The number of fused-ring (bicyclic) bond motifs is 1. The molecule has 1 amide bonds. The summed E-state index contributed by atoms with van der Waals surface area (Å²) in [7, 11) is 0. The predicted octanol–water partition coefficient (Wildman–Crippen LogP) is 5.93. The van der Waals surface area contributed by atoms with Gasteiger partial charge in [-0.15, -0.1) is 11.3 Å². The van der Waals surface area contributed by atoms with E-state index in [9.17, 15) is 4.79 Å². The Hall–Kier alpha value is -2.92. The zero-order valence-corrected chi connectivity index (χ0v) is 17.8. The van der Waals surface area contributed by atoms with Gasteiger partial charge in [0.1, 0.15) is 0 Å². The number of aryl methyl sites for hydroxylation is 1. The van der Waals surface area contributed by atoms with E-state index in [1.54, 1.807) is 11.3 Å². The molecule has 2 aromatic carbocycles. The van der Waals surface area contributed by atoms with Crippen LogP contribution in [0, 0.1) is 0 Å². The average molecular weight is 404 g/mol. The van der Waals surface area contributed by atoms with Crippen LogP contribution in [0.3, 0.4) is 0 Å². The first-order valence-corrected chi connectivity index (χ1v) is 10.9. The van der Waals surface area contributed by atoms with E-state index in [0.717, 1.165) is 34.0 Å². The highest BCUT2D eigenvalue weighted by molar-refractivity contribution is 7.15. The predicted molar refractivity (Wildman–Crippen MR) is 121 cm³/mol. The van der Waals surface area contributed by atoms with E-state index in [1.165, 1.54) is 11.1 Å². The topological polar surface area (TPSA) is 46.4 Å². The van der Waals surface area contributed by atoms with Crippen LogP contribution in [0.2, 0.25) is 0 Å². The van der Waals surface area contributed by atoms with Gasteiger partial charge in [0.2, 0.25) is 5.91 Å². The van der Waals surface area contributed by atoms with Crippen molar-refractivity contribution in [3.05, 3.63) is 76.9 Å². The summed E-state index contributed by atoms with van der Waals surface area (Å²) in [6.07, 6.45) is 3.36. The molecule has 5 heteroatoms. The van der Waals surface area contributed by atoms with Gasteiger partial charge >= 0.3 is 0 Å². The maximum atomic E-state index is 12.5. The molecule has 2 aromatic heterocycles. The molecule has 4 aromatic rings. The molecule has 148 valence electrons. The lowest BCUT2D eigenvalue weighted by atomic mass is 10.0. The Labute approximate surface area is 175 Å². The minimum Gasteiger partial charge on any atom is -0.326 e. The van der Waals surface area contributed by atoms with Crippen molar-refractivity contribution in [3.63, 3.8) is 0 Å². The molecule has 0 unspecified atom stereocenters. The lowest BCUT2D eigenvalue weighted by Crippen LogP contribution is -2.15. The summed E-state index contributed by atoms with van der Waals surface area (Å²) < 4.78 is 2.02. The highest BCUT2D eigenvalue weighted by Gasteiger charge is 2.13. The Morgan fingerprint density at radius 2 is 1.83 bits per heavy atom. The van der Waals surface area contributed by atoms with Gasteiger partial charge in [0.05, 0.1) is 12.1 Å². The van der Waals surface area contributed by atoms with Crippen molar-refractivity contribution in [2.24, 2.45) is 0 Å². The molecule has 0 spiro atoms. The number of hydrogen-bond acceptors (Lipinski definition) is 3.